The molecule has 0 aromatic carbocycles. The average molecular weight is 318 g/mol. The first-order valence-electron chi connectivity index (χ1n) is 5.04. The second-order valence-electron chi connectivity index (χ2n) is 3.91. The number of carbonyl (C=O) groups is 2. The predicted octanol–water partition coefficient (Wildman–Crippen LogP) is 2.86. The van der Waals surface area contributed by atoms with Crippen molar-refractivity contribution >= 4 is 34.2 Å². The van der Waals surface area contributed by atoms with Crippen LogP contribution in [-0.2, 0) is 9.59 Å². The van der Waals surface area contributed by atoms with Crippen LogP contribution in [0.25, 0.3) is 0 Å². The van der Waals surface area contributed by atoms with Crippen LogP contribution in [-0.4, -0.2) is 15.0 Å². The lowest BCUT2D eigenvalue weighted by Crippen LogP contribution is -2.45. The maximum Gasteiger partial charge on any atom is 0.214 e. The maximum absolute atomic E-state index is 11.9. The molecule has 1 fully saturated rings. The van der Waals surface area contributed by atoms with Gasteiger partial charge in [0.2, 0.25) is 11.6 Å². The van der Waals surface area contributed by atoms with Gasteiger partial charge in [-0.3, -0.25) is 9.59 Å². The maximum atomic E-state index is 11.9. The molecule has 1 saturated carbocycles. The second-order valence-corrected chi connectivity index (χ2v) is 5.98. The number of rotatable bonds is 4. The fourth-order valence-corrected chi connectivity index (χ4v) is 2.79. The Bertz CT molecular complexity index is 309. The standard InChI is InChI=1S/C12H15IO2/c1-3-5-9-6-8-12(13,7-4-2)11(15)10(9)14/h3-4,9H,1-2,5-8H2. The van der Waals surface area contributed by atoms with Gasteiger partial charge in [0.25, 0.3) is 0 Å². The Morgan fingerprint density at radius 3 is 2.60 bits per heavy atom. The van der Waals surface area contributed by atoms with Gasteiger partial charge in [0, 0.05) is 5.92 Å². The van der Waals surface area contributed by atoms with Crippen molar-refractivity contribution in [3.63, 3.8) is 0 Å². The van der Waals surface area contributed by atoms with E-state index in [0.29, 0.717) is 12.8 Å². The molecule has 1 rings (SSSR count). The van der Waals surface area contributed by atoms with Crippen LogP contribution in [0, 0.1) is 5.92 Å². The Hall–Kier alpha value is -0.450. The zero-order valence-electron chi connectivity index (χ0n) is 8.67. The Morgan fingerprint density at radius 1 is 1.40 bits per heavy atom. The number of hydrogen-bond donors (Lipinski definition) is 0. The third-order valence-electron chi connectivity index (χ3n) is 2.81. The van der Waals surface area contributed by atoms with E-state index in [2.05, 4.69) is 35.7 Å². The molecule has 0 aromatic rings. The molecule has 0 heterocycles. The highest BCUT2D eigenvalue weighted by atomic mass is 127. The van der Waals surface area contributed by atoms with Gasteiger partial charge in [-0.05, 0) is 25.7 Å². The van der Waals surface area contributed by atoms with Crippen molar-refractivity contribution in [3.05, 3.63) is 25.3 Å². The monoisotopic (exact) mass is 318 g/mol. The van der Waals surface area contributed by atoms with Gasteiger partial charge in [0.1, 0.15) is 0 Å². The molecule has 0 bridgehead atoms. The van der Waals surface area contributed by atoms with E-state index >= 15 is 0 Å². The first-order valence-corrected chi connectivity index (χ1v) is 6.12. The largest absolute Gasteiger partial charge is 0.291 e. The van der Waals surface area contributed by atoms with E-state index in [4.69, 9.17) is 0 Å². The molecule has 0 aliphatic heterocycles. The Kier molecular flexibility index (Phi) is 4.25. The summed E-state index contributed by atoms with van der Waals surface area (Å²) in [5.41, 5.74) is 0. The van der Waals surface area contributed by atoms with Crippen LogP contribution in [0.4, 0.5) is 0 Å². The summed E-state index contributed by atoms with van der Waals surface area (Å²) in [6, 6.07) is 0. The molecule has 1 aliphatic carbocycles. The first-order chi connectivity index (χ1) is 7.05. The van der Waals surface area contributed by atoms with Gasteiger partial charge in [-0.25, -0.2) is 0 Å². The number of alkyl halides is 1. The van der Waals surface area contributed by atoms with Gasteiger partial charge in [-0.2, -0.15) is 0 Å². The molecule has 1 aliphatic rings. The number of ketones is 2. The molecular formula is C12H15IO2. The van der Waals surface area contributed by atoms with Gasteiger partial charge in [0.05, 0.1) is 3.42 Å². The number of hydrogen-bond acceptors (Lipinski definition) is 2. The molecule has 82 valence electrons. The van der Waals surface area contributed by atoms with Crippen LogP contribution in [0.5, 0.6) is 0 Å². The lowest BCUT2D eigenvalue weighted by Gasteiger charge is -2.32. The summed E-state index contributed by atoms with van der Waals surface area (Å²) in [5, 5.41) is 0. The molecule has 0 aromatic heterocycles. The van der Waals surface area contributed by atoms with Gasteiger partial charge >= 0.3 is 0 Å². The quantitative estimate of drug-likeness (QED) is 0.346. The minimum absolute atomic E-state index is 0.136. The van der Waals surface area contributed by atoms with Gasteiger partial charge in [0.15, 0.2) is 0 Å². The highest BCUT2D eigenvalue weighted by molar-refractivity contribution is 14.1. The summed E-state index contributed by atoms with van der Waals surface area (Å²) in [4.78, 5) is 23.7. The van der Waals surface area contributed by atoms with Gasteiger partial charge in [-0.15, -0.1) is 13.2 Å². The van der Waals surface area contributed by atoms with E-state index in [9.17, 15) is 9.59 Å². The highest BCUT2D eigenvalue weighted by Gasteiger charge is 2.45. The van der Waals surface area contributed by atoms with Gasteiger partial charge < -0.3 is 0 Å². The normalized spacial score (nSPS) is 31.4. The summed E-state index contributed by atoms with van der Waals surface area (Å²) < 4.78 is -0.533. The second kappa shape index (κ2) is 5.05. The molecule has 2 unspecified atom stereocenters. The summed E-state index contributed by atoms with van der Waals surface area (Å²) in [7, 11) is 0. The molecule has 15 heavy (non-hydrogen) atoms. The van der Waals surface area contributed by atoms with Crippen molar-refractivity contribution in [2.75, 3.05) is 0 Å². The SMILES string of the molecule is C=CCC1CCC(I)(CC=C)C(=O)C1=O. The molecular weight excluding hydrogens is 303 g/mol. The van der Waals surface area contributed by atoms with E-state index in [-0.39, 0.29) is 17.5 Å². The zero-order valence-corrected chi connectivity index (χ0v) is 10.8. The minimum Gasteiger partial charge on any atom is -0.291 e. The minimum atomic E-state index is -0.533. The van der Waals surface area contributed by atoms with Crippen molar-refractivity contribution in [3.8, 4) is 0 Å². The molecule has 0 spiro atoms. The molecule has 0 saturated heterocycles. The fraction of sp³-hybridized carbons (Fsp3) is 0.500. The average Bonchev–Trinajstić information content (AvgIpc) is 2.20. The third kappa shape index (κ3) is 2.56. The molecule has 0 amide bonds. The lowest BCUT2D eigenvalue weighted by molar-refractivity contribution is -0.142. The summed E-state index contributed by atoms with van der Waals surface area (Å²) in [5.74, 6) is -0.596. The van der Waals surface area contributed by atoms with E-state index < -0.39 is 3.42 Å². The van der Waals surface area contributed by atoms with Crippen LogP contribution in [0.3, 0.4) is 0 Å². The fourth-order valence-electron chi connectivity index (χ4n) is 1.90. The number of Topliss-reactive ketones (excluding diaryl/α,β-unsaturated/α-hetero) is 2. The molecule has 2 nitrogen and oxygen atoms in total. The Balaban J connectivity index is 2.80. The van der Waals surface area contributed by atoms with Crippen molar-refractivity contribution in [2.45, 2.75) is 29.1 Å². The number of carbonyl (C=O) groups excluding carboxylic acids is 2. The van der Waals surface area contributed by atoms with Crippen LogP contribution < -0.4 is 0 Å². The Morgan fingerprint density at radius 2 is 2.07 bits per heavy atom. The van der Waals surface area contributed by atoms with Crippen LogP contribution in [0.1, 0.15) is 25.7 Å². The molecule has 0 radical (unpaired) electrons. The molecule has 0 N–H and O–H groups in total. The van der Waals surface area contributed by atoms with Crippen LogP contribution in [0.2, 0.25) is 0 Å². The van der Waals surface area contributed by atoms with Crippen molar-refractivity contribution in [2.24, 2.45) is 5.92 Å². The zero-order chi connectivity index (χ0) is 11.5. The topological polar surface area (TPSA) is 34.1 Å². The van der Waals surface area contributed by atoms with Gasteiger partial charge in [-0.1, -0.05) is 34.7 Å². The molecule has 3 heteroatoms. The summed E-state index contributed by atoms with van der Waals surface area (Å²) >= 11 is 2.10. The van der Waals surface area contributed by atoms with Crippen LogP contribution in [0.15, 0.2) is 25.3 Å². The van der Waals surface area contributed by atoms with E-state index in [1.165, 1.54) is 0 Å². The Labute approximate surface area is 104 Å². The summed E-state index contributed by atoms with van der Waals surface area (Å²) in [6.45, 7) is 7.24. The first kappa shape index (κ1) is 12.6. The van der Waals surface area contributed by atoms with E-state index in [1.807, 2.05) is 0 Å². The molecule has 2 atom stereocenters. The van der Waals surface area contributed by atoms with Crippen LogP contribution >= 0.6 is 22.6 Å². The van der Waals surface area contributed by atoms with Crippen molar-refractivity contribution in [1.29, 1.82) is 0 Å². The third-order valence-corrected chi connectivity index (χ3v) is 4.28. The number of halogens is 1. The van der Waals surface area contributed by atoms with E-state index in [0.717, 1.165) is 12.8 Å². The van der Waals surface area contributed by atoms with Crippen molar-refractivity contribution < 1.29 is 9.59 Å². The predicted molar refractivity (Wildman–Crippen MR) is 69.1 cm³/mol. The van der Waals surface area contributed by atoms with Crippen molar-refractivity contribution in [1.82, 2.24) is 0 Å². The number of allylic oxidation sites excluding steroid dienone is 2. The van der Waals surface area contributed by atoms with E-state index in [1.54, 1.807) is 12.2 Å². The highest BCUT2D eigenvalue weighted by Crippen LogP contribution is 2.38. The lowest BCUT2D eigenvalue weighted by atomic mass is 9.77. The summed E-state index contributed by atoms with van der Waals surface area (Å²) in [6.07, 6.45) is 6.18. The smallest absolute Gasteiger partial charge is 0.214 e.